The second kappa shape index (κ2) is 5.51. The van der Waals surface area contributed by atoms with Gasteiger partial charge >= 0.3 is 5.97 Å². The summed E-state index contributed by atoms with van der Waals surface area (Å²) in [6, 6.07) is 0. The Morgan fingerprint density at radius 1 is 1.53 bits per heavy atom. The molecule has 4 nitrogen and oxygen atoms in total. The van der Waals surface area contributed by atoms with E-state index in [2.05, 4.69) is 0 Å². The summed E-state index contributed by atoms with van der Waals surface area (Å²) in [7, 11) is 2.05. The van der Waals surface area contributed by atoms with Gasteiger partial charge in [-0.25, -0.2) is 0 Å². The lowest BCUT2D eigenvalue weighted by Gasteiger charge is -2.21. The number of quaternary nitrogens is 1. The third-order valence-corrected chi connectivity index (χ3v) is 1.77. The Morgan fingerprint density at radius 3 is 2.53 bits per heavy atom. The van der Waals surface area contributed by atoms with E-state index in [0.29, 0.717) is 6.54 Å². The van der Waals surface area contributed by atoms with Gasteiger partial charge in [0, 0.05) is 0 Å². The SMILES string of the molecule is C[NH+]1C=CN(CC(=O)OC(C)(C)C)C1.[Br-]. The van der Waals surface area contributed by atoms with E-state index in [9.17, 15) is 4.79 Å². The van der Waals surface area contributed by atoms with Gasteiger partial charge in [-0.3, -0.25) is 9.69 Å². The normalized spacial score (nSPS) is 20.0. The maximum atomic E-state index is 11.4. The molecule has 1 aliphatic rings. The van der Waals surface area contributed by atoms with Gasteiger partial charge < -0.3 is 26.6 Å². The van der Waals surface area contributed by atoms with Gasteiger partial charge in [0.25, 0.3) is 0 Å². The van der Waals surface area contributed by atoms with E-state index in [1.807, 2.05) is 45.1 Å². The van der Waals surface area contributed by atoms with Crippen molar-refractivity contribution < 1.29 is 31.4 Å². The van der Waals surface area contributed by atoms with Crippen molar-refractivity contribution in [2.24, 2.45) is 0 Å². The van der Waals surface area contributed by atoms with E-state index in [1.165, 1.54) is 4.90 Å². The zero-order chi connectivity index (χ0) is 10.8. The Hall–Kier alpha value is -0.550. The van der Waals surface area contributed by atoms with Crippen LogP contribution in [0.2, 0.25) is 0 Å². The number of carbonyl (C=O) groups excluding carboxylic acids is 1. The molecule has 1 rings (SSSR count). The number of esters is 1. The average molecular weight is 279 g/mol. The van der Waals surface area contributed by atoms with Crippen molar-refractivity contribution in [2.45, 2.75) is 26.4 Å². The van der Waals surface area contributed by atoms with E-state index in [-0.39, 0.29) is 28.6 Å². The zero-order valence-electron chi connectivity index (χ0n) is 9.71. The van der Waals surface area contributed by atoms with Crippen molar-refractivity contribution in [3.63, 3.8) is 0 Å². The number of ether oxygens (including phenoxy) is 1. The topological polar surface area (TPSA) is 34.0 Å². The summed E-state index contributed by atoms with van der Waals surface area (Å²) in [6.45, 7) is 6.80. The molecule has 0 fully saturated rings. The number of carbonyl (C=O) groups is 1. The van der Waals surface area contributed by atoms with Crippen molar-refractivity contribution in [2.75, 3.05) is 20.3 Å². The van der Waals surface area contributed by atoms with Gasteiger partial charge in [-0.05, 0) is 20.8 Å². The van der Waals surface area contributed by atoms with E-state index in [0.717, 1.165) is 6.67 Å². The van der Waals surface area contributed by atoms with Crippen LogP contribution < -0.4 is 21.9 Å². The van der Waals surface area contributed by atoms with Crippen LogP contribution in [-0.2, 0) is 9.53 Å². The summed E-state index contributed by atoms with van der Waals surface area (Å²) in [6.07, 6.45) is 3.95. The summed E-state index contributed by atoms with van der Waals surface area (Å²) in [5.74, 6) is -0.170. The zero-order valence-corrected chi connectivity index (χ0v) is 11.3. The first-order valence-electron chi connectivity index (χ1n) is 4.83. The molecular weight excluding hydrogens is 260 g/mol. The highest BCUT2D eigenvalue weighted by Gasteiger charge is 2.20. The molecule has 0 saturated heterocycles. The van der Waals surface area contributed by atoms with Gasteiger partial charge in [0.05, 0.1) is 13.2 Å². The molecule has 0 saturated carbocycles. The predicted molar refractivity (Wildman–Crippen MR) is 53.4 cm³/mol. The first-order chi connectivity index (χ1) is 6.37. The fourth-order valence-electron chi connectivity index (χ4n) is 1.31. The standard InChI is InChI=1S/C10H18N2O2.BrH/c1-10(2,3)14-9(13)7-12-6-5-11(4)8-12;/h5-6H,7-8H2,1-4H3;1H. The van der Waals surface area contributed by atoms with Crippen LogP contribution in [0.3, 0.4) is 0 Å². The molecule has 0 spiro atoms. The van der Waals surface area contributed by atoms with Crippen molar-refractivity contribution >= 4 is 5.97 Å². The molecule has 15 heavy (non-hydrogen) atoms. The molecule has 1 atom stereocenters. The number of hydrogen-bond acceptors (Lipinski definition) is 3. The monoisotopic (exact) mass is 278 g/mol. The second-order valence-electron chi connectivity index (χ2n) is 4.65. The third kappa shape index (κ3) is 5.79. The summed E-state index contributed by atoms with van der Waals surface area (Å²) in [4.78, 5) is 14.6. The largest absolute Gasteiger partial charge is 1.00 e. The first-order valence-corrected chi connectivity index (χ1v) is 4.83. The molecular formula is C10H19BrN2O2. The summed E-state index contributed by atoms with van der Waals surface area (Å²) >= 11 is 0. The molecule has 1 unspecified atom stereocenters. The third-order valence-electron chi connectivity index (χ3n) is 1.77. The molecule has 5 heteroatoms. The van der Waals surface area contributed by atoms with E-state index >= 15 is 0 Å². The van der Waals surface area contributed by atoms with Crippen LogP contribution in [0.5, 0.6) is 0 Å². The maximum Gasteiger partial charge on any atom is 0.326 e. The van der Waals surface area contributed by atoms with Crippen molar-refractivity contribution in [3.05, 3.63) is 12.4 Å². The molecule has 0 bridgehead atoms. The van der Waals surface area contributed by atoms with Crippen molar-refractivity contribution in [1.82, 2.24) is 4.90 Å². The van der Waals surface area contributed by atoms with E-state index in [4.69, 9.17) is 4.74 Å². The molecule has 0 aromatic heterocycles. The highest BCUT2D eigenvalue weighted by atomic mass is 79.9. The molecule has 1 aliphatic heterocycles. The smallest absolute Gasteiger partial charge is 0.326 e. The van der Waals surface area contributed by atoms with Gasteiger partial charge in [-0.1, -0.05) is 0 Å². The predicted octanol–water partition coefficient (Wildman–Crippen LogP) is -3.41. The Morgan fingerprint density at radius 2 is 2.13 bits per heavy atom. The minimum atomic E-state index is -0.390. The maximum absolute atomic E-state index is 11.4. The molecule has 0 amide bonds. The molecule has 1 N–H and O–H groups in total. The van der Waals surface area contributed by atoms with Crippen molar-refractivity contribution in [1.29, 1.82) is 0 Å². The fourth-order valence-corrected chi connectivity index (χ4v) is 1.31. The lowest BCUT2D eigenvalue weighted by molar-refractivity contribution is -0.826. The van der Waals surface area contributed by atoms with Crippen LogP contribution in [0, 0.1) is 0 Å². The number of nitrogens with zero attached hydrogens (tertiary/aromatic N) is 1. The summed E-state index contributed by atoms with van der Waals surface area (Å²) < 4.78 is 5.21. The van der Waals surface area contributed by atoms with Crippen molar-refractivity contribution in [3.8, 4) is 0 Å². The number of halogens is 1. The van der Waals surface area contributed by atoms with Gasteiger partial charge in [0.2, 0.25) is 0 Å². The molecule has 0 radical (unpaired) electrons. The van der Waals surface area contributed by atoms with E-state index in [1.54, 1.807) is 0 Å². The Bertz CT molecular complexity index is 248. The van der Waals surface area contributed by atoms with Gasteiger partial charge in [-0.2, -0.15) is 0 Å². The van der Waals surface area contributed by atoms with Gasteiger partial charge in [-0.15, -0.1) is 0 Å². The fraction of sp³-hybridized carbons (Fsp3) is 0.700. The number of hydrogen-bond donors (Lipinski definition) is 1. The van der Waals surface area contributed by atoms with Crippen LogP contribution >= 0.6 is 0 Å². The number of rotatable bonds is 2. The lowest BCUT2D eigenvalue weighted by atomic mass is 10.2. The van der Waals surface area contributed by atoms with Crippen LogP contribution in [0.15, 0.2) is 12.4 Å². The minimum absolute atomic E-state index is 0. The summed E-state index contributed by atoms with van der Waals surface area (Å²) in [5.41, 5.74) is -0.390. The van der Waals surface area contributed by atoms with E-state index < -0.39 is 0 Å². The van der Waals surface area contributed by atoms with Crippen LogP contribution in [0.4, 0.5) is 0 Å². The van der Waals surface area contributed by atoms with Gasteiger partial charge in [0.1, 0.15) is 18.3 Å². The Balaban J connectivity index is 0.00000196. The van der Waals surface area contributed by atoms with Crippen LogP contribution in [-0.4, -0.2) is 36.7 Å². The Labute approximate surface area is 102 Å². The molecule has 0 aromatic rings. The highest BCUT2D eigenvalue weighted by molar-refractivity contribution is 5.72. The highest BCUT2D eigenvalue weighted by Crippen LogP contribution is 2.07. The second-order valence-corrected chi connectivity index (χ2v) is 4.65. The molecule has 0 aromatic carbocycles. The molecule has 88 valence electrons. The van der Waals surface area contributed by atoms with Crippen LogP contribution in [0.25, 0.3) is 0 Å². The average Bonchev–Trinajstić information content (AvgIpc) is 2.30. The first kappa shape index (κ1) is 14.5. The number of nitrogens with one attached hydrogen (secondary N) is 1. The Kier molecular flexibility index (Phi) is 5.31. The van der Waals surface area contributed by atoms with Crippen LogP contribution in [0.1, 0.15) is 20.8 Å². The lowest BCUT2D eigenvalue weighted by Crippen LogP contribution is -3.03. The molecule has 1 heterocycles. The van der Waals surface area contributed by atoms with Gasteiger partial charge in [0.15, 0.2) is 6.67 Å². The minimum Gasteiger partial charge on any atom is -1.00 e. The summed E-state index contributed by atoms with van der Waals surface area (Å²) in [5, 5.41) is 0. The quantitative estimate of drug-likeness (QED) is 0.535. The molecule has 0 aliphatic carbocycles.